The third-order valence-corrected chi connectivity index (χ3v) is 7.15. The second-order valence-electron chi connectivity index (χ2n) is 10.2. The number of carbonyl (C=O) groups is 2. The molecule has 2 aliphatic rings. The molecule has 1 aromatic rings. The lowest BCUT2D eigenvalue weighted by Crippen LogP contribution is -2.20. The zero-order valence-electron chi connectivity index (χ0n) is 22.3. The lowest BCUT2D eigenvalue weighted by Gasteiger charge is -2.17. The zero-order valence-corrected chi connectivity index (χ0v) is 22.3. The molecule has 0 aromatic heterocycles. The molecule has 2 aliphatic carbocycles. The average Bonchev–Trinajstić information content (AvgIpc) is 2.90. The van der Waals surface area contributed by atoms with Crippen LogP contribution in [0, 0.1) is 10.4 Å². The monoisotopic (exact) mass is 500 g/mol. The maximum Gasteiger partial charge on any atom is 0.162 e. The van der Waals surface area contributed by atoms with Crippen LogP contribution in [-0.4, -0.2) is 47.6 Å². The van der Waals surface area contributed by atoms with Gasteiger partial charge in [0.05, 0.1) is 0 Å². The van der Waals surface area contributed by atoms with E-state index < -0.39 is 0 Å². The van der Waals surface area contributed by atoms with E-state index in [1.165, 1.54) is 89.9 Å². The Morgan fingerprint density at radius 3 is 1.11 bits per heavy atom. The van der Waals surface area contributed by atoms with Crippen molar-refractivity contribution < 1.29 is 19.1 Å². The summed E-state index contributed by atoms with van der Waals surface area (Å²) < 4.78 is 1.84. The summed E-state index contributed by atoms with van der Waals surface area (Å²) in [6, 6.07) is 6.91. The Kier molecular flexibility index (Phi) is 18.1. The fourth-order valence-electron chi connectivity index (χ4n) is 4.86. The minimum absolute atomic E-state index is 0.193. The number of hydroxylamine groups is 2. The number of benzene rings is 1. The molecule has 36 heavy (non-hydrogen) atoms. The van der Waals surface area contributed by atoms with Crippen molar-refractivity contribution >= 4 is 26.0 Å². The molecule has 2 saturated carbocycles. The van der Waals surface area contributed by atoms with Crippen molar-refractivity contribution in [3.8, 4) is 0 Å². The van der Waals surface area contributed by atoms with Gasteiger partial charge in [-0.05, 0) is 31.7 Å². The number of nitrogens with zero attached hydrogens (tertiary/aromatic N) is 2. The predicted octanol–water partition coefficient (Wildman–Crippen LogP) is 7.49. The predicted molar refractivity (Wildman–Crippen MR) is 149 cm³/mol. The highest BCUT2D eigenvalue weighted by atomic mass is 16.5. The van der Waals surface area contributed by atoms with E-state index in [0.29, 0.717) is 23.7 Å². The zero-order chi connectivity index (χ0) is 26.4. The minimum atomic E-state index is 0.193. The van der Waals surface area contributed by atoms with Crippen molar-refractivity contribution in [2.45, 2.75) is 128 Å². The number of aldehydes is 2. The fourth-order valence-corrected chi connectivity index (χ4v) is 4.86. The smallest absolute Gasteiger partial charge is 0.162 e. The normalized spacial score (nSPS) is 18.7. The molecule has 1 aromatic carbocycles. The Balaban J connectivity index is 0.000000273. The van der Waals surface area contributed by atoms with Crippen LogP contribution < -0.4 is 0 Å². The SMILES string of the molecule is C=[N+]([O-])C1CCCCCCCCC1.C=[N+]([O-])C1CCCCCCCCC1.O=Cc1cccc(C=O)c1. The van der Waals surface area contributed by atoms with E-state index in [4.69, 9.17) is 0 Å². The second kappa shape index (κ2) is 20.7. The summed E-state index contributed by atoms with van der Waals surface area (Å²) in [4.78, 5) is 20.3. The van der Waals surface area contributed by atoms with Gasteiger partial charge in [-0.15, -0.1) is 0 Å². The highest BCUT2D eigenvalue weighted by molar-refractivity contribution is 5.81. The lowest BCUT2D eigenvalue weighted by molar-refractivity contribution is -0.495. The maximum absolute atomic E-state index is 11.1. The highest BCUT2D eigenvalue weighted by Gasteiger charge is 2.15. The van der Waals surface area contributed by atoms with E-state index in [1.807, 2.05) is 0 Å². The van der Waals surface area contributed by atoms with Gasteiger partial charge < -0.3 is 10.4 Å². The molecule has 0 heterocycles. The first-order valence-electron chi connectivity index (χ1n) is 14.0. The van der Waals surface area contributed by atoms with Crippen LogP contribution in [0.15, 0.2) is 24.3 Å². The van der Waals surface area contributed by atoms with Gasteiger partial charge in [-0.3, -0.25) is 9.59 Å². The van der Waals surface area contributed by atoms with E-state index in [2.05, 4.69) is 13.4 Å². The quantitative estimate of drug-likeness (QED) is 0.141. The Hall–Kier alpha value is -2.50. The molecule has 6 nitrogen and oxygen atoms in total. The van der Waals surface area contributed by atoms with Gasteiger partial charge in [-0.1, -0.05) is 82.4 Å². The van der Waals surface area contributed by atoms with Gasteiger partial charge in [0, 0.05) is 36.8 Å². The van der Waals surface area contributed by atoms with Gasteiger partial charge in [0.15, 0.2) is 12.1 Å². The van der Waals surface area contributed by atoms with Crippen LogP contribution in [0.1, 0.15) is 136 Å². The van der Waals surface area contributed by atoms with E-state index in [9.17, 15) is 20.0 Å². The first-order valence-corrected chi connectivity index (χ1v) is 14.0. The van der Waals surface area contributed by atoms with E-state index in [0.717, 1.165) is 35.2 Å². The second-order valence-corrected chi connectivity index (χ2v) is 10.2. The van der Waals surface area contributed by atoms with Gasteiger partial charge in [-0.25, -0.2) is 9.48 Å². The topological polar surface area (TPSA) is 86.3 Å². The van der Waals surface area contributed by atoms with Crippen molar-refractivity contribution in [3.05, 3.63) is 45.8 Å². The molecular formula is C30H48N2O4. The van der Waals surface area contributed by atoms with Crippen LogP contribution in [0.3, 0.4) is 0 Å². The fraction of sp³-hybridized carbons (Fsp3) is 0.667. The van der Waals surface area contributed by atoms with Gasteiger partial charge in [0.1, 0.15) is 26.0 Å². The molecule has 2 fully saturated rings. The Labute approximate surface area is 218 Å². The molecule has 0 saturated heterocycles. The summed E-state index contributed by atoms with van der Waals surface area (Å²) in [6.45, 7) is 6.93. The largest absolute Gasteiger partial charge is 0.624 e. The van der Waals surface area contributed by atoms with Crippen LogP contribution in [0.4, 0.5) is 0 Å². The summed E-state index contributed by atoms with van der Waals surface area (Å²) in [5, 5.41) is 22.1. The number of carbonyl (C=O) groups excluding carboxylic acids is 2. The summed E-state index contributed by atoms with van der Waals surface area (Å²) >= 11 is 0. The summed E-state index contributed by atoms with van der Waals surface area (Å²) in [5.41, 5.74) is 1.06. The summed E-state index contributed by atoms with van der Waals surface area (Å²) in [5.74, 6) is 0. The van der Waals surface area contributed by atoms with Crippen molar-refractivity contribution in [2.24, 2.45) is 0 Å². The Morgan fingerprint density at radius 1 is 0.583 bits per heavy atom. The van der Waals surface area contributed by atoms with Crippen molar-refractivity contribution in [3.63, 3.8) is 0 Å². The van der Waals surface area contributed by atoms with Gasteiger partial charge in [0.25, 0.3) is 0 Å². The minimum Gasteiger partial charge on any atom is -0.624 e. The number of hydrogen-bond donors (Lipinski definition) is 0. The van der Waals surface area contributed by atoms with Crippen LogP contribution in [-0.2, 0) is 0 Å². The maximum atomic E-state index is 11.1. The molecule has 0 unspecified atom stereocenters. The average molecular weight is 501 g/mol. The molecule has 0 aliphatic heterocycles. The van der Waals surface area contributed by atoms with Crippen molar-refractivity contribution in [1.29, 1.82) is 0 Å². The number of hydrogen-bond acceptors (Lipinski definition) is 4. The molecule has 6 heteroatoms. The highest BCUT2D eigenvalue weighted by Crippen LogP contribution is 2.19. The first-order chi connectivity index (χ1) is 17.5. The Morgan fingerprint density at radius 2 is 0.861 bits per heavy atom. The van der Waals surface area contributed by atoms with Crippen LogP contribution in [0.2, 0.25) is 0 Å². The van der Waals surface area contributed by atoms with Crippen LogP contribution >= 0.6 is 0 Å². The molecule has 0 atom stereocenters. The molecule has 0 bridgehead atoms. The van der Waals surface area contributed by atoms with E-state index >= 15 is 0 Å². The molecule has 202 valence electrons. The van der Waals surface area contributed by atoms with Gasteiger partial charge in [0.2, 0.25) is 0 Å². The molecule has 0 radical (unpaired) electrons. The lowest BCUT2D eigenvalue weighted by atomic mass is 9.98. The first kappa shape index (κ1) is 31.5. The van der Waals surface area contributed by atoms with E-state index in [1.54, 1.807) is 24.3 Å². The summed E-state index contributed by atoms with van der Waals surface area (Å²) in [7, 11) is 0. The molecule has 0 N–H and O–H groups in total. The summed E-state index contributed by atoms with van der Waals surface area (Å²) in [6.07, 6.45) is 23.8. The standard InChI is InChI=1S/2C11H21NO.C8H6O2/c2*1-12(13)11-9-7-5-3-2-4-6-8-10-11;9-5-7-2-1-3-8(4-7)6-10/h2*11H,1-10H2;1-6H. The molecule has 0 spiro atoms. The van der Waals surface area contributed by atoms with E-state index in [-0.39, 0.29) is 12.1 Å². The third kappa shape index (κ3) is 15.5. The molecule has 0 amide bonds. The third-order valence-electron chi connectivity index (χ3n) is 7.15. The Bertz CT molecular complexity index is 686. The van der Waals surface area contributed by atoms with Crippen molar-refractivity contribution in [2.75, 3.05) is 0 Å². The van der Waals surface area contributed by atoms with Crippen LogP contribution in [0.25, 0.3) is 0 Å². The van der Waals surface area contributed by atoms with Crippen LogP contribution in [0.5, 0.6) is 0 Å². The van der Waals surface area contributed by atoms with Gasteiger partial charge >= 0.3 is 0 Å². The number of rotatable bonds is 4. The molecular weight excluding hydrogens is 452 g/mol. The molecule has 3 rings (SSSR count). The van der Waals surface area contributed by atoms with Crippen molar-refractivity contribution in [1.82, 2.24) is 0 Å². The van der Waals surface area contributed by atoms with Gasteiger partial charge in [-0.2, -0.15) is 0 Å².